The molecule has 0 heterocycles. The number of aliphatic hydroxyl groups excluding tert-OH is 1. The van der Waals surface area contributed by atoms with E-state index in [0.717, 1.165) is 6.42 Å². The Balaban J connectivity index is 3.84. The van der Waals surface area contributed by atoms with Gasteiger partial charge in [-0.15, -0.1) is 0 Å². The third-order valence-electron chi connectivity index (χ3n) is 4.16. The summed E-state index contributed by atoms with van der Waals surface area (Å²) in [7, 11) is 0. The van der Waals surface area contributed by atoms with Gasteiger partial charge in [0.1, 0.15) is 0 Å². The number of nitrogens with one attached hydrogen (secondary N) is 1. The first-order valence-electron chi connectivity index (χ1n) is 10.8. The highest BCUT2D eigenvalue weighted by Gasteiger charge is 2.16. The van der Waals surface area contributed by atoms with Crippen molar-refractivity contribution >= 4 is 11.9 Å². The van der Waals surface area contributed by atoms with Gasteiger partial charge in [0.05, 0.1) is 6.61 Å². The van der Waals surface area contributed by atoms with Gasteiger partial charge in [-0.1, -0.05) is 112 Å². The quantitative estimate of drug-likeness (QED) is 0.177. The number of hydrogen-bond acceptors (Lipinski definition) is 3. The van der Waals surface area contributed by atoms with Crippen LogP contribution in [-0.2, 0) is 9.59 Å². The summed E-state index contributed by atoms with van der Waals surface area (Å²) in [6.45, 7) is 1.59. The molecule has 0 rings (SSSR count). The number of carboxylic acids is 1. The normalized spacial score (nSPS) is 13.7. The van der Waals surface area contributed by atoms with Gasteiger partial charge in [-0.25, -0.2) is 4.79 Å². The summed E-state index contributed by atoms with van der Waals surface area (Å²) in [6, 6.07) is -1.29. The second kappa shape index (κ2) is 21.1. The highest BCUT2D eigenvalue weighted by molar-refractivity contribution is 5.91. The number of rotatable bonds is 17. The first kappa shape index (κ1) is 27.3. The molecule has 166 valence electrons. The van der Waals surface area contributed by atoms with E-state index in [0.29, 0.717) is 0 Å². The third kappa shape index (κ3) is 18.7. The molecule has 0 unspecified atom stereocenters. The molecule has 30 heavy (non-hydrogen) atoms. The Morgan fingerprint density at radius 2 is 1.27 bits per heavy atom. The lowest BCUT2D eigenvalue weighted by molar-refractivity contribution is -0.142. The molecular formula is C25H37NO4. The minimum atomic E-state index is -1.29. The molecule has 0 aromatic carbocycles. The second-order valence-corrected chi connectivity index (χ2v) is 6.82. The van der Waals surface area contributed by atoms with Crippen molar-refractivity contribution in [3.63, 3.8) is 0 Å². The number of unbranched alkanes of at least 4 members (excludes halogenated alkanes) is 7. The van der Waals surface area contributed by atoms with Gasteiger partial charge in [0.2, 0.25) is 5.91 Å². The molecular weight excluding hydrogens is 378 g/mol. The van der Waals surface area contributed by atoms with E-state index >= 15 is 0 Å². The monoisotopic (exact) mass is 415 g/mol. The molecule has 0 aromatic rings. The number of carbonyl (C=O) groups excluding carboxylic acids is 1. The first-order chi connectivity index (χ1) is 14.6. The van der Waals surface area contributed by atoms with Gasteiger partial charge in [0.25, 0.3) is 0 Å². The molecule has 0 aromatic heterocycles. The lowest BCUT2D eigenvalue weighted by Gasteiger charge is -2.08. The van der Waals surface area contributed by atoms with Crippen molar-refractivity contribution in [1.82, 2.24) is 5.32 Å². The summed E-state index contributed by atoms with van der Waals surface area (Å²) in [5.74, 6) is -1.85. The average Bonchev–Trinajstić information content (AvgIpc) is 2.73. The van der Waals surface area contributed by atoms with Crippen molar-refractivity contribution in [3.8, 4) is 0 Å². The highest BCUT2D eigenvalue weighted by Crippen LogP contribution is 2.08. The van der Waals surface area contributed by atoms with Crippen molar-refractivity contribution in [1.29, 1.82) is 0 Å². The fourth-order valence-electron chi connectivity index (χ4n) is 2.46. The largest absolute Gasteiger partial charge is 0.480 e. The number of aliphatic hydroxyl groups is 1. The van der Waals surface area contributed by atoms with Crippen LogP contribution in [0.5, 0.6) is 0 Å². The Bertz CT molecular complexity index is 627. The van der Waals surface area contributed by atoms with Crippen molar-refractivity contribution in [2.24, 2.45) is 0 Å². The van der Waals surface area contributed by atoms with E-state index in [4.69, 9.17) is 10.2 Å². The maximum atomic E-state index is 11.5. The van der Waals surface area contributed by atoms with E-state index in [1.165, 1.54) is 57.1 Å². The van der Waals surface area contributed by atoms with Gasteiger partial charge >= 0.3 is 5.97 Å². The Kier molecular flexibility index (Phi) is 19.2. The smallest absolute Gasteiger partial charge is 0.328 e. The summed E-state index contributed by atoms with van der Waals surface area (Å²) in [6.07, 6.45) is 32.4. The standard InChI is InChI=1S/C25H37NO4/c1-2-3-4-5-6-7-8-9-10-11-12-13-14-15-16-17-18-19-20-21-24(28)26-23(22-27)25(29)30/h10-21,23,27H,2-9,22H2,1H3,(H,26,28)(H,29,30)/t23-/m1/s1. The summed E-state index contributed by atoms with van der Waals surface area (Å²) in [5.41, 5.74) is 0. The third-order valence-corrected chi connectivity index (χ3v) is 4.16. The first-order valence-corrected chi connectivity index (χ1v) is 10.8. The molecule has 1 atom stereocenters. The molecule has 0 saturated heterocycles. The zero-order chi connectivity index (χ0) is 22.3. The molecule has 0 spiro atoms. The number of carbonyl (C=O) groups is 2. The SMILES string of the molecule is CCCCCCCCCC=CC=CC=CC=CC=CC=CC(=O)N[C@H](CO)C(=O)O. The fraction of sp³-hybridized carbons (Fsp3) is 0.440. The summed E-state index contributed by atoms with van der Waals surface area (Å²) < 4.78 is 0. The molecule has 5 nitrogen and oxygen atoms in total. The summed E-state index contributed by atoms with van der Waals surface area (Å²) in [5, 5.41) is 19.7. The minimum Gasteiger partial charge on any atom is -0.480 e. The maximum absolute atomic E-state index is 11.5. The molecule has 0 aliphatic carbocycles. The second-order valence-electron chi connectivity index (χ2n) is 6.82. The van der Waals surface area contributed by atoms with Crippen molar-refractivity contribution in [2.45, 2.75) is 64.3 Å². The fourth-order valence-corrected chi connectivity index (χ4v) is 2.46. The molecule has 1 amide bonds. The molecule has 3 N–H and O–H groups in total. The van der Waals surface area contributed by atoms with Crippen LogP contribution in [0.1, 0.15) is 58.3 Å². The Morgan fingerprint density at radius 3 is 1.80 bits per heavy atom. The van der Waals surface area contributed by atoms with Gasteiger partial charge in [-0.2, -0.15) is 0 Å². The Morgan fingerprint density at radius 1 is 0.767 bits per heavy atom. The van der Waals surface area contributed by atoms with Crippen LogP contribution in [0.4, 0.5) is 0 Å². The number of hydrogen-bond donors (Lipinski definition) is 3. The van der Waals surface area contributed by atoms with Gasteiger partial charge in [-0.3, -0.25) is 4.79 Å². The Labute approximate surface area is 181 Å². The van der Waals surface area contributed by atoms with E-state index < -0.39 is 24.5 Å². The number of aliphatic carboxylic acids is 1. The van der Waals surface area contributed by atoms with Gasteiger partial charge in [0, 0.05) is 6.08 Å². The predicted molar refractivity (Wildman–Crippen MR) is 124 cm³/mol. The van der Waals surface area contributed by atoms with Crippen LogP contribution in [0, 0.1) is 0 Å². The lowest BCUT2D eigenvalue weighted by Crippen LogP contribution is -2.42. The molecule has 0 aliphatic heterocycles. The zero-order valence-electron chi connectivity index (χ0n) is 18.1. The molecule has 0 fully saturated rings. The van der Waals surface area contributed by atoms with E-state index in [1.54, 1.807) is 12.2 Å². The zero-order valence-corrected chi connectivity index (χ0v) is 18.1. The van der Waals surface area contributed by atoms with Crippen LogP contribution < -0.4 is 5.32 Å². The van der Waals surface area contributed by atoms with E-state index in [-0.39, 0.29) is 0 Å². The van der Waals surface area contributed by atoms with Crippen LogP contribution in [-0.4, -0.2) is 34.7 Å². The van der Waals surface area contributed by atoms with Crippen molar-refractivity contribution in [2.75, 3.05) is 6.61 Å². The van der Waals surface area contributed by atoms with Gasteiger partial charge in [-0.05, 0) is 12.8 Å². The summed E-state index contributed by atoms with van der Waals surface area (Å²) in [4.78, 5) is 22.1. The summed E-state index contributed by atoms with van der Waals surface area (Å²) >= 11 is 0. The van der Waals surface area contributed by atoms with Crippen LogP contribution in [0.15, 0.2) is 72.9 Å². The highest BCUT2D eigenvalue weighted by atomic mass is 16.4. The number of allylic oxidation sites excluding steroid dienone is 11. The van der Waals surface area contributed by atoms with Gasteiger partial charge in [0.15, 0.2) is 6.04 Å². The lowest BCUT2D eigenvalue weighted by atomic mass is 10.1. The maximum Gasteiger partial charge on any atom is 0.328 e. The molecule has 0 saturated carbocycles. The van der Waals surface area contributed by atoms with Crippen molar-refractivity contribution < 1.29 is 19.8 Å². The molecule has 0 bridgehead atoms. The Hall–Kier alpha value is -2.66. The molecule has 5 heteroatoms. The van der Waals surface area contributed by atoms with Crippen LogP contribution in [0.2, 0.25) is 0 Å². The minimum absolute atomic E-state index is 0.574. The average molecular weight is 416 g/mol. The van der Waals surface area contributed by atoms with E-state index in [9.17, 15) is 9.59 Å². The van der Waals surface area contributed by atoms with E-state index in [1.807, 2.05) is 36.5 Å². The number of carboxylic acid groups (broad SMARTS) is 1. The topological polar surface area (TPSA) is 86.6 Å². The predicted octanol–water partition coefficient (Wildman–Crippen LogP) is 5.03. The van der Waals surface area contributed by atoms with E-state index in [2.05, 4.69) is 24.4 Å². The van der Waals surface area contributed by atoms with Crippen molar-refractivity contribution in [3.05, 3.63) is 72.9 Å². The van der Waals surface area contributed by atoms with Crippen LogP contribution in [0.25, 0.3) is 0 Å². The van der Waals surface area contributed by atoms with Crippen LogP contribution >= 0.6 is 0 Å². The molecule has 0 radical (unpaired) electrons. The van der Waals surface area contributed by atoms with Crippen LogP contribution in [0.3, 0.4) is 0 Å². The van der Waals surface area contributed by atoms with Gasteiger partial charge < -0.3 is 15.5 Å². The molecule has 0 aliphatic rings. The number of amides is 1.